The normalized spacial score (nSPS) is 18.4. The van der Waals surface area contributed by atoms with Crippen molar-refractivity contribution in [1.29, 1.82) is 0 Å². The number of benzene rings is 1. The van der Waals surface area contributed by atoms with Crippen molar-refractivity contribution >= 4 is 0 Å². The number of hydrogen-bond donors (Lipinski definition) is 0. The van der Waals surface area contributed by atoms with Crippen LogP contribution < -0.4 is 0 Å². The lowest BCUT2D eigenvalue weighted by Crippen LogP contribution is -2.09. The molecule has 0 atom stereocenters. The van der Waals surface area contributed by atoms with Gasteiger partial charge in [-0.2, -0.15) is 0 Å². The van der Waals surface area contributed by atoms with E-state index in [1.165, 1.54) is 25.7 Å². The molecule has 0 N–H and O–H groups in total. The van der Waals surface area contributed by atoms with Crippen LogP contribution in [0.15, 0.2) is 12.1 Å². The van der Waals surface area contributed by atoms with Gasteiger partial charge in [0.05, 0.1) is 0 Å². The van der Waals surface area contributed by atoms with Gasteiger partial charge in [-0.15, -0.1) is 0 Å². The third-order valence-electron chi connectivity index (χ3n) is 2.82. The summed E-state index contributed by atoms with van der Waals surface area (Å²) in [6, 6.07) is 4.79. The van der Waals surface area contributed by atoms with E-state index in [-0.39, 0.29) is 0 Å². The molecule has 2 aliphatic carbocycles. The summed E-state index contributed by atoms with van der Waals surface area (Å²) in [5.74, 6) is 0. The van der Waals surface area contributed by atoms with Crippen LogP contribution in [-0.2, 0) is 25.7 Å². The van der Waals surface area contributed by atoms with Gasteiger partial charge in [-0.3, -0.25) is 0 Å². The highest BCUT2D eigenvalue weighted by Gasteiger charge is 2.21. The molecule has 0 unspecified atom stereocenters. The van der Waals surface area contributed by atoms with Crippen molar-refractivity contribution in [2.75, 3.05) is 0 Å². The molecular weight excluding hydrogens is 120 g/mol. The molecule has 2 aliphatic rings. The monoisotopic (exact) mass is 130 g/mol. The number of aryl methyl sites for hydroxylation is 3. The Bertz CT molecular complexity index is 297. The van der Waals surface area contributed by atoms with Gasteiger partial charge in [-0.1, -0.05) is 12.1 Å². The molecule has 0 fully saturated rings. The maximum absolute atomic E-state index is 2.40. The smallest absolute Gasteiger partial charge is 0.0233 e. The Morgan fingerprint density at radius 2 is 1.50 bits per heavy atom. The number of rotatable bonds is 0. The Morgan fingerprint density at radius 3 is 2.10 bits per heavy atom. The highest BCUT2D eigenvalue weighted by atomic mass is 14.3. The van der Waals surface area contributed by atoms with E-state index in [0.717, 1.165) is 0 Å². The summed E-state index contributed by atoms with van der Waals surface area (Å²) in [5.41, 5.74) is 6.55. The SMILES string of the molecule is c1c2cc3c(c1CC2)CC3. The van der Waals surface area contributed by atoms with Crippen LogP contribution in [0, 0.1) is 0 Å². The van der Waals surface area contributed by atoms with Gasteiger partial charge in [-0.25, -0.2) is 0 Å². The van der Waals surface area contributed by atoms with Crippen molar-refractivity contribution in [3.8, 4) is 0 Å². The fourth-order valence-electron chi connectivity index (χ4n) is 2.14. The van der Waals surface area contributed by atoms with Crippen LogP contribution in [0.1, 0.15) is 22.3 Å². The zero-order valence-corrected chi connectivity index (χ0v) is 5.98. The van der Waals surface area contributed by atoms with Crippen LogP contribution in [-0.4, -0.2) is 0 Å². The molecule has 0 nitrogen and oxygen atoms in total. The van der Waals surface area contributed by atoms with Crippen LogP contribution in [0.2, 0.25) is 0 Å². The second kappa shape index (κ2) is 1.45. The average molecular weight is 130 g/mol. The zero-order chi connectivity index (χ0) is 6.55. The van der Waals surface area contributed by atoms with E-state index in [9.17, 15) is 0 Å². The minimum Gasteiger partial charge on any atom is -0.0555 e. The molecule has 50 valence electrons. The number of fused-ring (bicyclic) bond motifs is 4. The maximum atomic E-state index is 2.40. The molecule has 0 heteroatoms. The molecule has 1 aromatic rings. The quantitative estimate of drug-likeness (QED) is 0.503. The second-order valence-electron chi connectivity index (χ2n) is 3.39. The molecule has 0 heterocycles. The lowest BCUT2D eigenvalue weighted by Gasteiger charge is -2.19. The molecule has 0 saturated heterocycles. The first kappa shape index (κ1) is 4.95. The predicted octanol–water partition coefficient (Wildman–Crippen LogP) is 1.88. The molecule has 0 aliphatic heterocycles. The van der Waals surface area contributed by atoms with Gasteiger partial charge in [0.2, 0.25) is 0 Å². The minimum absolute atomic E-state index is 1.31. The molecular formula is C10H10. The second-order valence-corrected chi connectivity index (χ2v) is 3.39. The van der Waals surface area contributed by atoms with Gasteiger partial charge in [0, 0.05) is 0 Å². The highest BCUT2D eigenvalue weighted by Crippen LogP contribution is 2.32. The van der Waals surface area contributed by atoms with E-state index < -0.39 is 0 Å². The maximum Gasteiger partial charge on any atom is -0.0233 e. The van der Waals surface area contributed by atoms with Gasteiger partial charge in [0.25, 0.3) is 0 Å². The van der Waals surface area contributed by atoms with Gasteiger partial charge in [-0.05, 0) is 47.9 Å². The van der Waals surface area contributed by atoms with Crippen molar-refractivity contribution in [3.63, 3.8) is 0 Å². The van der Waals surface area contributed by atoms with Crippen LogP contribution >= 0.6 is 0 Å². The summed E-state index contributed by atoms with van der Waals surface area (Å²) >= 11 is 0. The molecule has 1 aromatic carbocycles. The molecule has 3 rings (SSSR count). The van der Waals surface area contributed by atoms with E-state index in [4.69, 9.17) is 0 Å². The molecule has 0 radical (unpaired) electrons. The fraction of sp³-hybridized carbons (Fsp3) is 0.400. The van der Waals surface area contributed by atoms with Gasteiger partial charge >= 0.3 is 0 Å². The third-order valence-corrected chi connectivity index (χ3v) is 2.82. The van der Waals surface area contributed by atoms with Crippen molar-refractivity contribution in [1.82, 2.24) is 0 Å². The first-order valence-corrected chi connectivity index (χ1v) is 4.07. The van der Waals surface area contributed by atoms with Crippen LogP contribution in [0.3, 0.4) is 0 Å². The number of hydrogen-bond acceptors (Lipinski definition) is 0. The molecule has 0 amide bonds. The summed E-state index contributed by atoms with van der Waals surface area (Å²) in [6.45, 7) is 0. The van der Waals surface area contributed by atoms with Gasteiger partial charge in [0.1, 0.15) is 0 Å². The van der Waals surface area contributed by atoms with Crippen molar-refractivity contribution < 1.29 is 0 Å². The Balaban J connectivity index is 2.37. The van der Waals surface area contributed by atoms with E-state index in [2.05, 4.69) is 12.1 Å². The standard InChI is InChI=1S/C10H10/c1-2-8-5-7(1)6-9-3-4-10(8)9/h5-6H,1-4H2. The Morgan fingerprint density at radius 1 is 0.800 bits per heavy atom. The topological polar surface area (TPSA) is 0 Å². The fourth-order valence-corrected chi connectivity index (χ4v) is 2.14. The summed E-state index contributed by atoms with van der Waals surface area (Å²) in [4.78, 5) is 0. The largest absolute Gasteiger partial charge is 0.0555 e. The van der Waals surface area contributed by atoms with E-state index >= 15 is 0 Å². The molecule has 10 heavy (non-hydrogen) atoms. The first-order chi connectivity index (χ1) is 4.93. The van der Waals surface area contributed by atoms with Crippen molar-refractivity contribution in [3.05, 3.63) is 34.4 Å². The van der Waals surface area contributed by atoms with Crippen molar-refractivity contribution in [2.24, 2.45) is 0 Å². The molecule has 0 saturated carbocycles. The first-order valence-electron chi connectivity index (χ1n) is 4.07. The lowest BCUT2D eigenvalue weighted by molar-refractivity contribution is 0.825. The summed E-state index contributed by atoms with van der Waals surface area (Å²) in [5, 5.41) is 0. The average Bonchev–Trinajstić information content (AvgIpc) is 2.25. The summed E-state index contributed by atoms with van der Waals surface area (Å²) in [6.07, 6.45) is 5.33. The molecule has 2 bridgehead atoms. The molecule has 0 aromatic heterocycles. The summed E-state index contributed by atoms with van der Waals surface area (Å²) < 4.78 is 0. The third kappa shape index (κ3) is 0.439. The zero-order valence-electron chi connectivity index (χ0n) is 5.98. The van der Waals surface area contributed by atoms with Crippen LogP contribution in [0.25, 0.3) is 0 Å². The Hall–Kier alpha value is -0.780. The molecule has 0 spiro atoms. The van der Waals surface area contributed by atoms with Gasteiger partial charge in [0.15, 0.2) is 0 Å². The van der Waals surface area contributed by atoms with E-state index in [1.54, 1.807) is 22.3 Å². The lowest BCUT2D eigenvalue weighted by atomic mass is 9.85. The Labute approximate surface area is 60.9 Å². The van der Waals surface area contributed by atoms with E-state index in [0.29, 0.717) is 0 Å². The van der Waals surface area contributed by atoms with Crippen LogP contribution in [0.4, 0.5) is 0 Å². The van der Waals surface area contributed by atoms with Crippen LogP contribution in [0.5, 0.6) is 0 Å². The summed E-state index contributed by atoms with van der Waals surface area (Å²) in [7, 11) is 0. The predicted molar refractivity (Wildman–Crippen MR) is 41.3 cm³/mol. The highest BCUT2D eigenvalue weighted by molar-refractivity contribution is 5.48. The van der Waals surface area contributed by atoms with Gasteiger partial charge < -0.3 is 0 Å². The van der Waals surface area contributed by atoms with E-state index in [1.807, 2.05) is 0 Å². The van der Waals surface area contributed by atoms with Crippen molar-refractivity contribution in [2.45, 2.75) is 25.7 Å². The Kier molecular flexibility index (Phi) is 0.715. The minimum atomic E-state index is 1.31.